The van der Waals surface area contributed by atoms with Crippen molar-refractivity contribution in [1.82, 2.24) is 0 Å². The summed E-state index contributed by atoms with van der Waals surface area (Å²) < 4.78 is 2.25. The molecule has 1 aromatic carbocycles. The fraction of sp³-hybridized carbons (Fsp3) is 0.273. The molecule has 14 heavy (non-hydrogen) atoms. The van der Waals surface area contributed by atoms with Gasteiger partial charge in [-0.3, -0.25) is 0 Å². The number of hydrogen-bond donors (Lipinski definition) is 1. The van der Waals surface area contributed by atoms with Crippen LogP contribution in [0.5, 0.6) is 0 Å². The average molecular weight is 271 g/mol. The molecule has 0 aliphatic carbocycles. The molecule has 0 unspecified atom stereocenters. The SMILES string of the molecule is CC(C)(O)c1csc2cccc(Br)c12. The number of fused-ring (bicyclic) bond motifs is 1. The summed E-state index contributed by atoms with van der Waals surface area (Å²) in [4.78, 5) is 0. The van der Waals surface area contributed by atoms with Gasteiger partial charge in [0.1, 0.15) is 0 Å². The third kappa shape index (κ3) is 1.60. The molecule has 0 aliphatic rings. The van der Waals surface area contributed by atoms with Crippen molar-refractivity contribution in [2.45, 2.75) is 19.4 Å². The summed E-state index contributed by atoms with van der Waals surface area (Å²) in [6, 6.07) is 6.08. The van der Waals surface area contributed by atoms with Gasteiger partial charge in [-0.15, -0.1) is 11.3 Å². The lowest BCUT2D eigenvalue weighted by atomic mass is 9.98. The summed E-state index contributed by atoms with van der Waals surface area (Å²) >= 11 is 5.18. The quantitative estimate of drug-likeness (QED) is 0.834. The molecule has 2 aromatic rings. The van der Waals surface area contributed by atoms with E-state index in [1.54, 1.807) is 11.3 Å². The number of aliphatic hydroxyl groups is 1. The predicted octanol–water partition coefficient (Wildman–Crippen LogP) is 3.89. The lowest BCUT2D eigenvalue weighted by molar-refractivity contribution is 0.0805. The Bertz CT molecular complexity index is 468. The van der Waals surface area contributed by atoms with Gasteiger partial charge in [0, 0.05) is 20.1 Å². The Labute approximate surface area is 95.5 Å². The van der Waals surface area contributed by atoms with E-state index in [2.05, 4.69) is 22.0 Å². The predicted molar refractivity (Wildman–Crippen MR) is 64.8 cm³/mol. The van der Waals surface area contributed by atoms with Crippen LogP contribution in [-0.4, -0.2) is 5.11 Å². The number of thiophene rings is 1. The summed E-state index contributed by atoms with van der Waals surface area (Å²) in [6.45, 7) is 3.63. The highest BCUT2D eigenvalue weighted by Crippen LogP contribution is 2.37. The average Bonchev–Trinajstić information content (AvgIpc) is 2.47. The molecule has 0 saturated heterocycles. The van der Waals surface area contributed by atoms with Crippen molar-refractivity contribution < 1.29 is 5.11 Å². The lowest BCUT2D eigenvalue weighted by Crippen LogP contribution is -2.14. The fourth-order valence-electron chi connectivity index (χ4n) is 1.50. The van der Waals surface area contributed by atoms with E-state index < -0.39 is 5.60 Å². The van der Waals surface area contributed by atoms with Crippen molar-refractivity contribution in [1.29, 1.82) is 0 Å². The summed E-state index contributed by atoms with van der Waals surface area (Å²) in [7, 11) is 0. The molecule has 2 rings (SSSR count). The second-order valence-corrected chi connectivity index (χ2v) is 5.59. The van der Waals surface area contributed by atoms with Crippen LogP contribution in [0.25, 0.3) is 10.1 Å². The first kappa shape index (κ1) is 10.1. The van der Waals surface area contributed by atoms with Crippen LogP contribution < -0.4 is 0 Å². The minimum Gasteiger partial charge on any atom is -0.386 e. The Kier molecular flexibility index (Phi) is 2.41. The molecule has 0 bridgehead atoms. The molecule has 0 radical (unpaired) electrons. The van der Waals surface area contributed by atoms with Gasteiger partial charge in [0.25, 0.3) is 0 Å². The van der Waals surface area contributed by atoms with Gasteiger partial charge in [-0.2, -0.15) is 0 Å². The second-order valence-electron chi connectivity index (χ2n) is 3.82. The Morgan fingerprint density at radius 3 is 2.71 bits per heavy atom. The maximum Gasteiger partial charge on any atom is 0.0854 e. The topological polar surface area (TPSA) is 20.2 Å². The molecule has 1 nitrogen and oxygen atoms in total. The maximum absolute atomic E-state index is 9.99. The smallest absolute Gasteiger partial charge is 0.0854 e. The normalized spacial score (nSPS) is 12.3. The van der Waals surface area contributed by atoms with Crippen LogP contribution in [0.1, 0.15) is 19.4 Å². The van der Waals surface area contributed by atoms with Crippen LogP contribution in [0.15, 0.2) is 28.1 Å². The van der Waals surface area contributed by atoms with E-state index in [-0.39, 0.29) is 0 Å². The van der Waals surface area contributed by atoms with Crippen molar-refractivity contribution in [3.05, 3.63) is 33.6 Å². The minimum atomic E-state index is -0.776. The van der Waals surface area contributed by atoms with Gasteiger partial charge in [-0.05, 0) is 31.4 Å². The van der Waals surface area contributed by atoms with Gasteiger partial charge in [-0.25, -0.2) is 0 Å². The van der Waals surface area contributed by atoms with E-state index in [0.29, 0.717) is 0 Å². The first-order valence-electron chi connectivity index (χ1n) is 4.39. The van der Waals surface area contributed by atoms with E-state index in [9.17, 15) is 5.11 Å². The zero-order valence-corrected chi connectivity index (χ0v) is 10.4. The molecule has 0 saturated carbocycles. The molecule has 0 spiro atoms. The molecule has 74 valence electrons. The summed E-state index contributed by atoms with van der Waals surface area (Å²) in [5.41, 5.74) is 0.215. The van der Waals surface area contributed by atoms with E-state index in [4.69, 9.17) is 0 Å². The Hall–Kier alpha value is -0.380. The molecular formula is C11H11BrOS. The monoisotopic (exact) mass is 270 g/mol. The van der Waals surface area contributed by atoms with Crippen LogP contribution in [-0.2, 0) is 5.60 Å². The van der Waals surface area contributed by atoms with Crippen molar-refractivity contribution in [2.24, 2.45) is 0 Å². The number of benzene rings is 1. The number of hydrogen-bond acceptors (Lipinski definition) is 2. The Balaban J connectivity index is 2.80. The largest absolute Gasteiger partial charge is 0.386 e. The van der Waals surface area contributed by atoms with Crippen LogP contribution >= 0.6 is 27.3 Å². The molecule has 1 N–H and O–H groups in total. The van der Waals surface area contributed by atoms with Gasteiger partial charge in [-0.1, -0.05) is 22.0 Å². The molecule has 0 aliphatic heterocycles. The molecule has 1 aromatic heterocycles. The van der Waals surface area contributed by atoms with E-state index in [1.165, 1.54) is 4.70 Å². The number of rotatable bonds is 1. The van der Waals surface area contributed by atoms with Gasteiger partial charge in [0.2, 0.25) is 0 Å². The molecule has 1 heterocycles. The van der Waals surface area contributed by atoms with Crippen molar-refractivity contribution in [3.63, 3.8) is 0 Å². The van der Waals surface area contributed by atoms with Crippen LogP contribution in [0, 0.1) is 0 Å². The van der Waals surface area contributed by atoms with Crippen LogP contribution in [0.2, 0.25) is 0 Å². The van der Waals surface area contributed by atoms with Gasteiger partial charge in [0.15, 0.2) is 0 Å². The number of halogens is 1. The maximum atomic E-state index is 9.99. The molecule has 0 atom stereocenters. The third-order valence-corrected chi connectivity index (χ3v) is 3.82. The second kappa shape index (κ2) is 3.33. The minimum absolute atomic E-state index is 0.776. The summed E-state index contributed by atoms with van der Waals surface area (Å²) in [5.74, 6) is 0. The highest BCUT2D eigenvalue weighted by molar-refractivity contribution is 9.10. The van der Waals surface area contributed by atoms with Crippen molar-refractivity contribution in [2.75, 3.05) is 0 Å². The van der Waals surface area contributed by atoms with Gasteiger partial charge >= 0.3 is 0 Å². The zero-order valence-electron chi connectivity index (χ0n) is 8.04. The molecule has 0 amide bonds. The first-order valence-corrected chi connectivity index (χ1v) is 6.06. The van der Waals surface area contributed by atoms with E-state index >= 15 is 0 Å². The zero-order chi connectivity index (χ0) is 10.3. The summed E-state index contributed by atoms with van der Waals surface area (Å²) in [5, 5.41) is 13.1. The molecular weight excluding hydrogens is 260 g/mol. The van der Waals surface area contributed by atoms with E-state index in [1.807, 2.05) is 31.4 Å². The van der Waals surface area contributed by atoms with Gasteiger partial charge in [0.05, 0.1) is 5.60 Å². The molecule has 3 heteroatoms. The highest BCUT2D eigenvalue weighted by atomic mass is 79.9. The Morgan fingerprint density at radius 1 is 1.36 bits per heavy atom. The fourth-order valence-corrected chi connectivity index (χ4v) is 3.35. The van der Waals surface area contributed by atoms with Crippen LogP contribution in [0.4, 0.5) is 0 Å². The van der Waals surface area contributed by atoms with E-state index in [0.717, 1.165) is 15.4 Å². The summed E-state index contributed by atoms with van der Waals surface area (Å²) in [6.07, 6.45) is 0. The standard InChI is InChI=1S/C11H11BrOS/c1-11(2,13)7-6-14-9-5-3-4-8(12)10(7)9/h3-6,13H,1-2H3. The van der Waals surface area contributed by atoms with Crippen LogP contribution in [0.3, 0.4) is 0 Å². The van der Waals surface area contributed by atoms with Crippen molar-refractivity contribution >= 4 is 37.4 Å². The highest BCUT2D eigenvalue weighted by Gasteiger charge is 2.21. The Morgan fingerprint density at radius 2 is 2.07 bits per heavy atom. The van der Waals surface area contributed by atoms with Crippen molar-refractivity contribution in [3.8, 4) is 0 Å². The van der Waals surface area contributed by atoms with Gasteiger partial charge < -0.3 is 5.11 Å². The molecule has 0 fully saturated rings. The lowest BCUT2D eigenvalue weighted by Gasteiger charge is -2.16. The third-order valence-electron chi connectivity index (χ3n) is 2.21. The first-order chi connectivity index (χ1) is 6.50.